The number of amides is 1. The second kappa shape index (κ2) is 9.85. The van der Waals surface area contributed by atoms with Gasteiger partial charge in [0.15, 0.2) is 0 Å². The van der Waals surface area contributed by atoms with Gasteiger partial charge in [-0.1, -0.05) is 18.9 Å². The number of benzene rings is 1. The first-order chi connectivity index (χ1) is 13.5. The van der Waals surface area contributed by atoms with Crippen LogP contribution in [0.25, 0.3) is 0 Å². The molecule has 0 radical (unpaired) electrons. The highest BCUT2D eigenvalue weighted by atomic mass is 32.2. The smallest absolute Gasteiger partial charge is 0.251 e. The van der Waals surface area contributed by atoms with Crippen molar-refractivity contribution in [3.05, 3.63) is 29.8 Å². The minimum Gasteiger partial charge on any atom is -0.352 e. The van der Waals surface area contributed by atoms with Gasteiger partial charge in [-0.2, -0.15) is 4.31 Å². The highest BCUT2D eigenvalue weighted by molar-refractivity contribution is 7.89. The Kier molecular flexibility index (Phi) is 7.48. The van der Waals surface area contributed by atoms with Crippen molar-refractivity contribution < 1.29 is 13.2 Å². The third-order valence-corrected chi connectivity index (χ3v) is 7.79. The summed E-state index contributed by atoms with van der Waals surface area (Å²) in [5.41, 5.74) is 0.407. The van der Waals surface area contributed by atoms with E-state index >= 15 is 0 Å². The van der Waals surface area contributed by atoms with Crippen LogP contribution >= 0.6 is 0 Å². The molecule has 0 aliphatic carbocycles. The van der Waals surface area contributed by atoms with Gasteiger partial charge >= 0.3 is 0 Å². The Bertz CT molecular complexity index is 760. The lowest BCUT2D eigenvalue weighted by Crippen LogP contribution is -2.39. The number of nitrogens with one attached hydrogen (secondary N) is 1. The summed E-state index contributed by atoms with van der Waals surface area (Å²) >= 11 is 0. The number of carbonyl (C=O) groups excluding carboxylic acids is 1. The van der Waals surface area contributed by atoms with E-state index in [0.29, 0.717) is 31.2 Å². The van der Waals surface area contributed by atoms with Crippen LogP contribution in [0.4, 0.5) is 0 Å². The van der Waals surface area contributed by atoms with Crippen LogP contribution in [0.1, 0.15) is 62.2 Å². The van der Waals surface area contributed by atoms with E-state index in [9.17, 15) is 13.2 Å². The molecule has 2 heterocycles. The van der Waals surface area contributed by atoms with Gasteiger partial charge in [0.2, 0.25) is 10.0 Å². The average Bonchev–Trinajstić information content (AvgIpc) is 2.73. The number of likely N-dealkylation sites (tertiary alicyclic amines) is 1. The van der Waals surface area contributed by atoms with E-state index in [4.69, 9.17) is 0 Å². The van der Waals surface area contributed by atoms with Crippen LogP contribution in [-0.2, 0) is 10.0 Å². The molecule has 1 aromatic carbocycles. The van der Waals surface area contributed by atoms with Gasteiger partial charge in [0.05, 0.1) is 4.90 Å². The summed E-state index contributed by atoms with van der Waals surface area (Å²) in [4.78, 5) is 15.2. The Morgan fingerprint density at radius 1 is 1.11 bits per heavy atom. The molecule has 2 aliphatic heterocycles. The fourth-order valence-corrected chi connectivity index (χ4v) is 5.69. The lowest BCUT2D eigenvalue weighted by Gasteiger charge is -2.33. The molecule has 2 fully saturated rings. The molecule has 1 aromatic rings. The second-order valence-electron chi connectivity index (χ2n) is 7.98. The van der Waals surface area contributed by atoms with E-state index in [1.807, 2.05) is 0 Å². The van der Waals surface area contributed by atoms with Crippen molar-refractivity contribution in [1.29, 1.82) is 0 Å². The maximum absolute atomic E-state index is 12.8. The molecule has 1 N–H and O–H groups in total. The summed E-state index contributed by atoms with van der Waals surface area (Å²) in [6.45, 7) is 6.13. The van der Waals surface area contributed by atoms with Crippen LogP contribution in [0, 0.1) is 0 Å². The Morgan fingerprint density at radius 2 is 1.86 bits per heavy atom. The van der Waals surface area contributed by atoms with Crippen molar-refractivity contribution >= 4 is 15.9 Å². The van der Waals surface area contributed by atoms with Crippen LogP contribution in [-0.4, -0.2) is 62.3 Å². The number of piperidine rings is 2. The molecule has 156 valence electrons. The molecule has 1 amide bonds. The molecule has 6 nitrogen and oxygen atoms in total. The molecule has 0 spiro atoms. The first-order valence-corrected chi connectivity index (χ1v) is 12.0. The predicted octanol–water partition coefficient (Wildman–Crippen LogP) is 2.86. The normalized spacial score (nSPS) is 22.1. The highest BCUT2D eigenvalue weighted by Crippen LogP contribution is 2.21. The Hall–Kier alpha value is -1.44. The molecule has 2 aliphatic rings. The zero-order valence-electron chi connectivity index (χ0n) is 16.9. The van der Waals surface area contributed by atoms with Gasteiger partial charge < -0.3 is 10.2 Å². The predicted molar refractivity (Wildman–Crippen MR) is 111 cm³/mol. The molecule has 7 heteroatoms. The van der Waals surface area contributed by atoms with E-state index in [1.165, 1.54) is 29.6 Å². The minimum atomic E-state index is -3.52. The lowest BCUT2D eigenvalue weighted by molar-refractivity contribution is 0.0948. The van der Waals surface area contributed by atoms with Gasteiger partial charge in [-0.3, -0.25) is 4.79 Å². The minimum absolute atomic E-state index is 0.206. The van der Waals surface area contributed by atoms with Crippen molar-refractivity contribution in [1.82, 2.24) is 14.5 Å². The lowest BCUT2D eigenvalue weighted by atomic mass is 10.0. The zero-order valence-corrected chi connectivity index (χ0v) is 17.7. The molecule has 28 heavy (non-hydrogen) atoms. The molecule has 0 saturated carbocycles. The van der Waals surface area contributed by atoms with Crippen molar-refractivity contribution in [3.63, 3.8) is 0 Å². The number of hydrogen-bond donors (Lipinski definition) is 1. The summed E-state index contributed by atoms with van der Waals surface area (Å²) in [5.74, 6) is -0.206. The van der Waals surface area contributed by atoms with E-state index in [2.05, 4.69) is 17.1 Å². The Morgan fingerprint density at radius 3 is 2.61 bits per heavy atom. The summed E-state index contributed by atoms with van der Waals surface area (Å²) in [6.07, 6.45) is 7.60. The van der Waals surface area contributed by atoms with E-state index in [0.717, 1.165) is 38.8 Å². The summed E-state index contributed by atoms with van der Waals surface area (Å²) in [5, 5.41) is 2.94. The Labute approximate surface area is 169 Å². The summed E-state index contributed by atoms with van der Waals surface area (Å²) < 4.78 is 27.2. The van der Waals surface area contributed by atoms with Crippen molar-refractivity contribution in [2.45, 2.75) is 62.8 Å². The maximum atomic E-state index is 12.8. The fourth-order valence-electron chi connectivity index (χ4n) is 4.13. The standard InChI is InChI=1S/C21H33N3O3S/c1-18-9-3-6-13-23(18)14-8-12-22-21(25)19-10-7-11-20(17-19)28(26,27)24-15-4-2-5-16-24/h7,10-11,17-18H,2-6,8-9,12-16H2,1H3,(H,22,25)/t18-/m0/s1. The van der Waals surface area contributed by atoms with Gasteiger partial charge in [0, 0.05) is 37.8 Å². The second-order valence-corrected chi connectivity index (χ2v) is 9.92. The van der Waals surface area contributed by atoms with E-state index in [-0.39, 0.29) is 10.8 Å². The van der Waals surface area contributed by atoms with E-state index < -0.39 is 10.0 Å². The van der Waals surface area contributed by atoms with E-state index in [1.54, 1.807) is 18.2 Å². The topological polar surface area (TPSA) is 69.7 Å². The first kappa shape index (κ1) is 21.3. The molecule has 2 saturated heterocycles. The van der Waals surface area contributed by atoms with Crippen LogP contribution in [0.3, 0.4) is 0 Å². The van der Waals surface area contributed by atoms with Crippen LogP contribution in [0.5, 0.6) is 0 Å². The largest absolute Gasteiger partial charge is 0.352 e. The maximum Gasteiger partial charge on any atom is 0.251 e. The van der Waals surface area contributed by atoms with Crippen molar-refractivity contribution in [2.24, 2.45) is 0 Å². The molecular weight excluding hydrogens is 374 g/mol. The Balaban J connectivity index is 1.53. The van der Waals surface area contributed by atoms with Gasteiger partial charge in [-0.05, 0) is 63.8 Å². The van der Waals surface area contributed by atoms with Crippen LogP contribution < -0.4 is 5.32 Å². The summed E-state index contributed by atoms with van der Waals surface area (Å²) in [6, 6.07) is 7.05. The van der Waals surface area contributed by atoms with Gasteiger partial charge in [0.1, 0.15) is 0 Å². The SMILES string of the molecule is C[C@H]1CCCCN1CCCNC(=O)c1cccc(S(=O)(=O)N2CCCCC2)c1. The molecule has 1 atom stereocenters. The summed E-state index contributed by atoms with van der Waals surface area (Å²) in [7, 11) is -3.52. The number of sulfonamides is 1. The van der Waals surface area contributed by atoms with Crippen molar-refractivity contribution in [3.8, 4) is 0 Å². The zero-order chi connectivity index (χ0) is 20.0. The number of hydrogen-bond acceptors (Lipinski definition) is 4. The van der Waals surface area contributed by atoms with Gasteiger partial charge in [0.25, 0.3) is 5.91 Å². The third-order valence-electron chi connectivity index (χ3n) is 5.90. The van der Waals surface area contributed by atoms with Crippen molar-refractivity contribution in [2.75, 3.05) is 32.7 Å². The van der Waals surface area contributed by atoms with Crippen LogP contribution in [0.2, 0.25) is 0 Å². The molecule has 0 unspecified atom stereocenters. The quantitative estimate of drug-likeness (QED) is 0.706. The third kappa shape index (κ3) is 5.33. The number of carbonyl (C=O) groups is 1. The van der Waals surface area contributed by atoms with Gasteiger partial charge in [-0.15, -0.1) is 0 Å². The highest BCUT2D eigenvalue weighted by Gasteiger charge is 2.26. The first-order valence-electron chi connectivity index (χ1n) is 10.6. The number of nitrogens with zero attached hydrogens (tertiary/aromatic N) is 2. The monoisotopic (exact) mass is 407 g/mol. The molecule has 0 bridgehead atoms. The fraction of sp³-hybridized carbons (Fsp3) is 0.667. The van der Waals surface area contributed by atoms with Crippen LogP contribution in [0.15, 0.2) is 29.2 Å². The average molecular weight is 408 g/mol. The molecular formula is C21H33N3O3S. The molecule has 0 aromatic heterocycles. The molecule has 3 rings (SSSR count). The number of rotatable bonds is 7. The van der Waals surface area contributed by atoms with Gasteiger partial charge in [-0.25, -0.2) is 8.42 Å².